The standard InChI is InChI=1S/C25H28Cl2O3/c26-17-7-9-19(21(15-17)24(29)11-3-1-4-12-24)23(28)20-10-8-18(27)16-22(20)25(30)13-5-2-6-14-25/h7-10,15-16,29-30H,1-6,11-14H2. The Morgan fingerprint density at radius 3 is 1.40 bits per heavy atom. The zero-order chi connectivity index (χ0) is 21.4. The first-order valence-electron chi connectivity index (χ1n) is 10.9. The first-order chi connectivity index (χ1) is 14.3. The zero-order valence-electron chi connectivity index (χ0n) is 17.1. The molecule has 30 heavy (non-hydrogen) atoms. The van der Waals surface area contributed by atoms with Crippen molar-refractivity contribution in [2.24, 2.45) is 0 Å². The third kappa shape index (κ3) is 4.18. The quantitative estimate of drug-likeness (QED) is 0.524. The molecule has 0 heterocycles. The topological polar surface area (TPSA) is 57.5 Å². The van der Waals surface area contributed by atoms with Crippen LogP contribution in [-0.2, 0) is 11.2 Å². The number of rotatable bonds is 4. The molecule has 2 fully saturated rings. The van der Waals surface area contributed by atoms with Crippen LogP contribution < -0.4 is 0 Å². The van der Waals surface area contributed by atoms with Gasteiger partial charge in [0.1, 0.15) is 0 Å². The van der Waals surface area contributed by atoms with Crippen molar-refractivity contribution < 1.29 is 15.0 Å². The van der Waals surface area contributed by atoms with E-state index in [4.69, 9.17) is 23.2 Å². The Morgan fingerprint density at radius 1 is 0.667 bits per heavy atom. The van der Waals surface area contributed by atoms with Crippen molar-refractivity contribution in [1.29, 1.82) is 0 Å². The van der Waals surface area contributed by atoms with Gasteiger partial charge in [-0.2, -0.15) is 0 Å². The molecule has 0 radical (unpaired) electrons. The van der Waals surface area contributed by atoms with Crippen LogP contribution in [0.1, 0.15) is 91.3 Å². The van der Waals surface area contributed by atoms with E-state index in [-0.39, 0.29) is 5.78 Å². The molecule has 2 aromatic rings. The van der Waals surface area contributed by atoms with E-state index in [9.17, 15) is 15.0 Å². The van der Waals surface area contributed by atoms with Gasteiger partial charge in [-0.1, -0.05) is 61.7 Å². The highest BCUT2D eigenvalue weighted by Crippen LogP contribution is 2.43. The van der Waals surface area contributed by atoms with Crippen molar-refractivity contribution >= 4 is 29.0 Å². The molecule has 0 saturated heterocycles. The number of aliphatic hydroxyl groups is 2. The predicted octanol–water partition coefficient (Wildman–Crippen LogP) is 6.53. The summed E-state index contributed by atoms with van der Waals surface area (Å²) in [7, 11) is 0. The van der Waals surface area contributed by atoms with Gasteiger partial charge >= 0.3 is 0 Å². The number of hydrogen-bond acceptors (Lipinski definition) is 3. The summed E-state index contributed by atoms with van der Waals surface area (Å²) in [6, 6.07) is 10.2. The Balaban J connectivity index is 1.81. The van der Waals surface area contributed by atoms with E-state index in [1.807, 2.05) is 0 Å². The summed E-state index contributed by atoms with van der Waals surface area (Å²) in [5.74, 6) is -0.202. The second-order valence-corrected chi connectivity index (χ2v) is 9.77. The molecule has 0 atom stereocenters. The Bertz CT molecular complexity index is 866. The smallest absolute Gasteiger partial charge is 0.193 e. The molecule has 0 aromatic heterocycles. The monoisotopic (exact) mass is 446 g/mol. The normalized spacial score (nSPS) is 20.7. The van der Waals surface area contributed by atoms with Crippen LogP contribution >= 0.6 is 23.2 Å². The maximum Gasteiger partial charge on any atom is 0.193 e. The molecular weight excluding hydrogens is 419 g/mol. The number of benzene rings is 2. The molecule has 2 N–H and O–H groups in total. The van der Waals surface area contributed by atoms with Crippen molar-refractivity contribution in [1.82, 2.24) is 0 Å². The third-order valence-corrected chi connectivity index (χ3v) is 7.29. The molecule has 3 nitrogen and oxygen atoms in total. The molecule has 2 aliphatic rings. The van der Waals surface area contributed by atoms with Crippen LogP contribution in [0.4, 0.5) is 0 Å². The number of halogens is 2. The molecule has 5 heteroatoms. The lowest BCUT2D eigenvalue weighted by molar-refractivity contribution is -0.00187. The summed E-state index contributed by atoms with van der Waals surface area (Å²) in [6.07, 6.45) is 8.31. The van der Waals surface area contributed by atoms with Gasteiger partial charge < -0.3 is 10.2 Å². The van der Waals surface area contributed by atoms with Gasteiger partial charge in [0, 0.05) is 21.2 Å². The van der Waals surface area contributed by atoms with Gasteiger partial charge in [0.25, 0.3) is 0 Å². The molecule has 4 rings (SSSR count). The third-order valence-electron chi connectivity index (χ3n) is 6.82. The Hall–Kier alpha value is -1.39. The van der Waals surface area contributed by atoms with E-state index >= 15 is 0 Å². The van der Waals surface area contributed by atoms with Crippen molar-refractivity contribution in [3.05, 3.63) is 68.7 Å². The number of hydrogen-bond donors (Lipinski definition) is 2. The Kier molecular flexibility index (Phi) is 6.28. The molecule has 0 aliphatic heterocycles. The lowest BCUT2D eigenvalue weighted by Crippen LogP contribution is -2.32. The first kappa shape index (κ1) is 21.8. The SMILES string of the molecule is O=C(c1ccc(Cl)cc1C1(O)CCCCC1)c1ccc(Cl)cc1C1(O)CCCCC1. The average molecular weight is 447 g/mol. The van der Waals surface area contributed by atoms with Crippen LogP contribution in [0.3, 0.4) is 0 Å². The summed E-state index contributed by atoms with van der Waals surface area (Å²) in [4.78, 5) is 13.8. The molecule has 0 unspecified atom stereocenters. The number of ketones is 1. The fourth-order valence-electron chi connectivity index (χ4n) is 5.16. The van der Waals surface area contributed by atoms with Gasteiger partial charge in [-0.05, 0) is 73.2 Å². The highest BCUT2D eigenvalue weighted by molar-refractivity contribution is 6.31. The van der Waals surface area contributed by atoms with E-state index in [1.165, 1.54) is 0 Å². The Morgan fingerprint density at radius 2 is 1.03 bits per heavy atom. The van der Waals surface area contributed by atoms with Gasteiger partial charge in [0.05, 0.1) is 11.2 Å². The maximum atomic E-state index is 13.8. The van der Waals surface area contributed by atoms with E-state index in [2.05, 4.69) is 0 Å². The van der Waals surface area contributed by atoms with Crippen molar-refractivity contribution in [3.63, 3.8) is 0 Å². The fourth-order valence-corrected chi connectivity index (χ4v) is 5.50. The minimum absolute atomic E-state index is 0.202. The van der Waals surface area contributed by atoms with Crippen LogP contribution in [0.15, 0.2) is 36.4 Å². The summed E-state index contributed by atoms with van der Waals surface area (Å²) < 4.78 is 0. The van der Waals surface area contributed by atoms with Crippen molar-refractivity contribution in [2.75, 3.05) is 0 Å². The first-order valence-corrected chi connectivity index (χ1v) is 11.7. The average Bonchev–Trinajstić information content (AvgIpc) is 2.74. The van der Waals surface area contributed by atoms with Gasteiger partial charge in [0.2, 0.25) is 0 Å². The molecular formula is C25H28Cl2O3. The summed E-state index contributed by atoms with van der Waals surface area (Å²) in [5.41, 5.74) is -0.0173. The zero-order valence-corrected chi connectivity index (χ0v) is 18.6. The molecule has 2 saturated carbocycles. The number of carbonyl (C=O) groups excluding carboxylic acids is 1. The second kappa shape index (κ2) is 8.63. The number of carbonyl (C=O) groups is 1. The molecule has 0 bridgehead atoms. The van der Waals surface area contributed by atoms with Crippen LogP contribution in [-0.4, -0.2) is 16.0 Å². The second-order valence-electron chi connectivity index (χ2n) is 8.89. The highest BCUT2D eigenvalue weighted by atomic mass is 35.5. The highest BCUT2D eigenvalue weighted by Gasteiger charge is 2.38. The van der Waals surface area contributed by atoms with Crippen LogP contribution in [0.2, 0.25) is 10.0 Å². The van der Waals surface area contributed by atoms with Gasteiger partial charge in [-0.25, -0.2) is 0 Å². The summed E-state index contributed by atoms with van der Waals surface area (Å²) in [5, 5.41) is 23.8. The summed E-state index contributed by atoms with van der Waals surface area (Å²) in [6.45, 7) is 0. The van der Waals surface area contributed by atoms with E-state index in [1.54, 1.807) is 36.4 Å². The van der Waals surface area contributed by atoms with Gasteiger partial charge in [0.15, 0.2) is 5.78 Å². The lowest BCUT2D eigenvalue weighted by Gasteiger charge is -2.35. The Labute approximate surface area is 188 Å². The minimum Gasteiger partial charge on any atom is -0.385 e. The largest absolute Gasteiger partial charge is 0.385 e. The van der Waals surface area contributed by atoms with Gasteiger partial charge in [-0.3, -0.25) is 4.79 Å². The van der Waals surface area contributed by atoms with E-state index in [0.717, 1.165) is 38.5 Å². The van der Waals surface area contributed by atoms with Gasteiger partial charge in [-0.15, -0.1) is 0 Å². The van der Waals surface area contributed by atoms with E-state index < -0.39 is 11.2 Å². The summed E-state index contributed by atoms with van der Waals surface area (Å²) >= 11 is 12.5. The van der Waals surface area contributed by atoms with Crippen molar-refractivity contribution in [3.8, 4) is 0 Å². The fraction of sp³-hybridized carbons (Fsp3) is 0.480. The molecule has 0 spiro atoms. The predicted molar refractivity (Wildman–Crippen MR) is 120 cm³/mol. The minimum atomic E-state index is -1.05. The lowest BCUT2D eigenvalue weighted by atomic mass is 9.74. The maximum absolute atomic E-state index is 13.8. The van der Waals surface area contributed by atoms with E-state index in [0.29, 0.717) is 58.0 Å². The van der Waals surface area contributed by atoms with Crippen molar-refractivity contribution in [2.45, 2.75) is 75.4 Å². The molecule has 0 amide bonds. The molecule has 2 aromatic carbocycles. The van der Waals surface area contributed by atoms with Crippen LogP contribution in [0, 0.1) is 0 Å². The molecule has 160 valence electrons. The molecule has 2 aliphatic carbocycles. The van der Waals surface area contributed by atoms with Crippen LogP contribution in [0.25, 0.3) is 0 Å². The van der Waals surface area contributed by atoms with Crippen LogP contribution in [0.5, 0.6) is 0 Å².